The van der Waals surface area contributed by atoms with Crippen LogP contribution in [0.5, 0.6) is 0 Å². The normalized spacial score (nSPS) is 11.8. The van der Waals surface area contributed by atoms with E-state index in [0.717, 1.165) is 21.9 Å². The van der Waals surface area contributed by atoms with Gasteiger partial charge in [-0.2, -0.15) is 0 Å². The Balaban J connectivity index is 2.68. The van der Waals surface area contributed by atoms with Crippen molar-refractivity contribution in [2.45, 2.75) is 18.7 Å². The molecule has 0 saturated heterocycles. The fraction of sp³-hybridized carbons (Fsp3) is 0.273. The molecule has 0 unspecified atom stereocenters. The first-order valence-electron chi connectivity index (χ1n) is 4.38. The lowest BCUT2D eigenvalue weighted by atomic mass is 10.2. The molecule has 1 aromatic carbocycles. The monoisotopic (exact) mass is 227 g/mol. The number of hydrogen-bond donors (Lipinski definition) is 1. The highest BCUT2D eigenvalue weighted by atomic mass is 35.5. The predicted molar refractivity (Wildman–Crippen MR) is 65.9 cm³/mol. The number of anilines is 1. The van der Waals surface area contributed by atoms with E-state index < -0.39 is 0 Å². The Morgan fingerprint density at radius 1 is 1.57 bits per heavy atom. The number of rotatable bonds is 3. The molecule has 1 nitrogen and oxygen atoms in total. The maximum absolute atomic E-state index is 5.88. The molecule has 1 rings (SSSR count). The average molecular weight is 228 g/mol. The first kappa shape index (κ1) is 11.5. The molecule has 0 spiro atoms. The topological polar surface area (TPSA) is 26.0 Å². The molecule has 1 aromatic rings. The molecule has 76 valence electrons. The summed E-state index contributed by atoms with van der Waals surface area (Å²) < 4.78 is 0. The third-order valence-electron chi connectivity index (χ3n) is 1.81. The van der Waals surface area contributed by atoms with Crippen molar-refractivity contribution in [1.82, 2.24) is 0 Å². The summed E-state index contributed by atoms with van der Waals surface area (Å²) in [5.74, 6) is 0.886. The van der Waals surface area contributed by atoms with Crippen molar-refractivity contribution in [1.29, 1.82) is 0 Å². The Bertz CT molecular complexity index is 347. The third-order valence-corrected chi connectivity index (χ3v) is 3.46. The molecular weight excluding hydrogens is 214 g/mol. The van der Waals surface area contributed by atoms with Gasteiger partial charge in [-0.1, -0.05) is 23.2 Å². The minimum atomic E-state index is 0.845. The number of nitrogen functional groups attached to an aromatic ring is 1. The fourth-order valence-electron chi connectivity index (χ4n) is 1.02. The van der Waals surface area contributed by atoms with Gasteiger partial charge in [0.1, 0.15) is 0 Å². The van der Waals surface area contributed by atoms with Gasteiger partial charge in [0.15, 0.2) is 0 Å². The van der Waals surface area contributed by atoms with Gasteiger partial charge >= 0.3 is 0 Å². The number of halogens is 1. The van der Waals surface area contributed by atoms with E-state index in [2.05, 4.69) is 12.1 Å². The minimum Gasteiger partial charge on any atom is -0.398 e. The van der Waals surface area contributed by atoms with Crippen molar-refractivity contribution in [3.8, 4) is 0 Å². The highest BCUT2D eigenvalue weighted by molar-refractivity contribution is 7.99. The number of benzene rings is 1. The number of thioether (sulfide) groups is 1. The lowest BCUT2D eigenvalue weighted by Gasteiger charge is -2.05. The van der Waals surface area contributed by atoms with Gasteiger partial charge in [0, 0.05) is 21.9 Å². The molecule has 0 heterocycles. The van der Waals surface area contributed by atoms with Crippen molar-refractivity contribution in [3.63, 3.8) is 0 Å². The van der Waals surface area contributed by atoms with E-state index in [1.165, 1.54) is 5.56 Å². The largest absolute Gasteiger partial charge is 0.398 e. The van der Waals surface area contributed by atoms with Crippen molar-refractivity contribution in [2.24, 2.45) is 0 Å². The summed E-state index contributed by atoms with van der Waals surface area (Å²) in [6, 6.07) is 6.11. The molecule has 0 amide bonds. The molecule has 2 N–H and O–H groups in total. The van der Waals surface area contributed by atoms with Gasteiger partial charge in [-0.15, -0.1) is 11.8 Å². The summed E-state index contributed by atoms with van der Waals surface area (Å²) >= 11 is 7.29. The lowest BCUT2D eigenvalue weighted by Crippen LogP contribution is -1.90. The van der Waals surface area contributed by atoms with Crippen LogP contribution in [-0.2, 0) is 0 Å². The van der Waals surface area contributed by atoms with Crippen LogP contribution < -0.4 is 5.73 Å². The second-order valence-electron chi connectivity index (χ2n) is 3.29. The predicted octanol–water partition coefficient (Wildman–Crippen LogP) is 3.81. The van der Waals surface area contributed by atoms with Gasteiger partial charge in [-0.3, -0.25) is 0 Å². The summed E-state index contributed by atoms with van der Waals surface area (Å²) in [7, 11) is 0. The first-order valence-corrected chi connectivity index (χ1v) is 5.80. The van der Waals surface area contributed by atoms with Crippen LogP contribution >= 0.6 is 23.4 Å². The second-order valence-corrected chi connectivity index (χ2v) is 4.52. The smallest absolute Gasteiger partial charge is 0.0454 e. The minimum absolute atomic E-state index is 0.845. The molecule has 0 aliphatic rings. The van der Waals surface area contributed by atoms with Gasteiger partial charge in [0.25, 0.3) is 0 Å². The summed E-state index contributed by atoms with van der Waals surface area (Å²) in [5.41, 5.74) is 10.7. The molecule has 0 aliphatic heterocycles. The van der Waals surface area contributed by atoms with E-state index in [1.807, 2.05) is 19.9 Å². The van der Waals surface area contributed by atoms with Crippen LogP contribution in [0.25, 0.3) is 0 Å². The molecule has 0 aliphatic carbocycles. The molecule has 0 bridgehead atoms. The SMILES string of the molecule is C/C(=C/Cl)CSc1ccc(C)cc1N. The standard InChI is InChI=1S/C11H14ClNS/c1-8-3-4-11(10(13)5-8)14-7-9(2)6-12/h3-6H,7,13H2,1-2H3/b9-6-. The zero-order chi connectivity index (χ0) is 10.6. The number of nitrogens with two attached hydrogens (primary N) is 1. The third kappa shape index (κ3) is 3.28. The van der Waals surface area contributed by atoms with Crippen LogP contribution in [0, 0.1) is 6.92 Å². The van der Waals surface area contributed by atoms with Crippen LogP contribution in [0.15, 0.2) is 34.2 Å². The quantitative estimate of drug-likeness (QED) is 0.628. The molecule has 0 aromatic heterocycles. The highest BCUT2D eigenvalue weighted by Gasteiger charge is 2.00. The van der Waals surface area contributed by atoms with E-state index in [0.29, 0.717) is 0 Å². The summed E-state index contributed by atoms with van der Waals surface area (Å²) in [6.45, 7) is 4.04. The summed E-state index contributed by atoms with van der Waals surface area (Å²) in [5, 5.41) is 0. The Labute approximate surface area is 94.3 Å². The molecule has 0 radical (unpaired) electrons. The molecule has 0 fully saturated rings. The van der Waals surface area contributed by atoms with E-state index >= 15 is 0 Å². The van der Waals surface area contributed by atoms with Crippen LogP contribution in [0.1, 0.15) is 12.5 Å². The number of hydrogen-bond acceptors (Lipinski definition) is 2. The average Bonchev–Trinajstić information content (AvgIpc) is 2.16. The summed E-state index contributed by atoms with van der Waals surface area (Å²) in [4.78, 5) is 1.12. The second kappa shape index (κ2) is 5.32. The molecule has 0 saturated carbocycles. The maximum atomic E-state index is 5.88. The Morgan fingerprint density at radius 2 is 2.29 bits per heavy atom. The summed E-state index contributed by atoms with van der Waals surface area (Å²) in [6.07, 6.45) is 0. The van der Waals surface area contributed by atoms with Gasteiger partial charge in [-0.25, -0.2) is 0 Å². The van der Waals surface area contributed by atoms with E-state index in [4.69, 9.17) is 17.3 Å². The van der Waals surface area contributed by atoms with Crippen molar-refractivity contribution in [2.75, 3.05) is 11.5 Å². The van der Waals surface area contributed by atoms with Gasteiger partial charge in [0.2, 0.25) is 0 Å². The molecule has 14 heavy (non-hydrogen) atoms. The van der Waals surface area contributed by atoms with Gasteiger partial charge in [-0.05, 0) is 31.5 Å². The van der Waals surface area contributed by atoms with Crippen molar-refractivity contribution >= 4 is 29.1 Å². The van der Waals surface area contributed by atoms with Crippen LogP contribution in [0.3, 0.4) is 0 Å². The molecule has 3 heteroatoms. The van der Waals surface area contributed by atoms with Gasteiger partial charge < -0.3 is 5.73 Å². The number of aryl methyl sites for hydroxylation is 1. The zero-order valence-electron chi connectivity index (χ0n) is 8.38. The molecular formula is C11H14ClNS. The Morgan fingerprint density at radius 3 is 2.86 bits per heavy atom. The van der Waals surface area contributed by atoms with Crippen molar-refractivity contribution < 1.29 is 0 Å². The van der Waals surface area contributed by atoms with E-state index in [9.17, 15) is 0 Å². The first-order chi connectivity index (χ1) is 6.63. The van der Waals surface area contributed by atoms with Crippen LogP contribution in [0.2, 0.25) is 0 Å². The highest BCUT2D eigenvalue weighted by Crippen LogP contribution is 2.27. The van der Waals surface area contributed by atoms with E-state index in [1.54, 1.807) is 17.3 Å². The van der Waals surface area contributed by atoms with Crippen molar-refractivity contribution in [3.05, 3.63) is 34.9 Å². The van der Waals surface area contributed by atoms with Crippen LogP contribution in [-0.4, -0.2) is 5.75 Å². The molecule has 0 atom stereocenters. The van der Waals surface area contributed by atoms with E-state index in [-0.39, 0.29) is 0 Å². The van der Waals surface area contributed by atoms with Gasteiger partial charge in [0.05, 0.1) is 0 Å². The fourth-order valence-corrected chi connectivity index (χ4v) is 2.05. The lowest BCUT2D eigenvalue weighted by molar-refractivity contribution is 1.36. The zero-order valence-corrected chi connectivity index (χ0v) is 9.95. The Hall–Kier alpha value is -0.600. The van der Waals surface area contributed by atoms with Crippen LogP contribution in [0.4, 0.5) is 5.69 Å². The Kier molecular flexibility index (Phi) is 4.36. The maximum Gasteiger partial charge on any atom is 0.0454 e.